The van der Waals surface area contributed by atoms with E-state index in [1.54, 1.807) is 4.58 Å². The van der Waals surface area contributed by atoms with Crippen LogP contribution >= 0.6 is 0 Å². The molecule has 2 fully saturated rings. The van der Waals surface area contributed by atoms with Crippen LogP contribution < -0.4 is 10.2 Å². The van der Waals surface area contributed by atoms with E-state index in [4.69, 9.17) is 0 Å². The molecule has 0 radical (unpaired) electrons. The van der Waals surface area contributed by atoms with Crippen LogP contribution in [0.4, 0.5) is 16.0 Å². The largest absolute Gasteiger partial charge is 0.480 e. The molecule has 7 nitrogen and oxygen atoms in total. The Hall–Kier alpha value is -2.35. The lowest BCUT2D eigenvalue weighted by Gasteiger charge is -2.27. The van der Waals surface area contributed by atoms with E-state index in [0.717, 1.165) is 25.6 Å². The summed E-state index contributed by atoms with van der Waals surface area (Å²) in [7, 11) is 0. The first-order chi connectivity index (χ1) is 12.0. The molecule has 1 aromatic heterocycles. The van der Waals surface area contributed by atoms with Crippen LogP contribution in [0, 0.1) is 17.7 Å². The Balaban J connectivity index is 1.81. The van der Waals surface area contributed by atoms with Gasteiger partial charge in [-0.05, 0) is 17.5 Å². The van der Waals surface area contributed by atoms with E-state index in [0.29, 0.717) is 24.8 Å². The van der Waals surface area contributed by atoms with Crippen molar-refractivity contribution >= 4 is 29.6 Å². The normalized spacial score (nSPS) is 28.4. The minimum atomic E-state index is -1.29. The van der Waals surface area contributed by atoms with Crippen LogP contribution in [0.5, 0.6) is 0 Å². The van der Waals surface area contributed by atoms with Crippen molar-refractivity contribution in [3.05, 3.63) is 17.4 Å². The molecule has 4 rings (SSSR count). The predicted octanol–water partition coefficient (Wildman–Crippen LogP) is 0.651. The van der Waals surface area contributed by atoms with Crippen molar-refractivity contribution in [3.8, 4) is 0 Å². The summed E-state index contributed by atoms with van der Waals surface area (Å²) >= 11 is 0. The molecule has 3 heterocycles. The van der Waals surface area contributed by atoms with Gasteiger partial charge in [-0.1, -0.05) is 6.92 Å². The number of aromatic nitrogens is 1. The number of carbonyl (C=O) groups is 2. The molecular weight excluding hydrogens is 327 g/mol. The summed E-state index contributed by atoms with van der Waals surface area (Å²) in [6.45, 7) is 4.82. The predicted molar refractivity (Wildman–Crippen MR) is 88.3 cm³/mol. The highest BCUT2D eigenvalue weighted by Gasteiger charge is 2.48. The Bertz CT molecular complexity index is 788. The van der Waals surface area contributed by atoms with Crippen LogP contribution in [0.1, 0.15) is 23.7 Å². The lowest BCUT2D eigenvalue weighted by atomic mass is 9.95. The second-order valence-electron chi connectivity index (χ2n) is 6.92. The Labute approximate surface area is 144 Å². The summed E-state index contributed by atoms with van der Waals surface area (Å²) < 4.78 is 16.4. The van der Waals surface area contributed by atoms with Gasteiger partial charge >= 0.3 is 11.8 Å². The van der Waals surface area contributed by atoms with Gasteiger partial charge in [0.25, 0.3) is 5.82 Å². The minimum absolute atomic E-state index is 0.0605. The summed E-state index contributed by atoms with van der Waals surface area (Å²) in [6, 6.07) is 1.27. The van der Waals surface area contributed by atoms with E-state index >= 15 is 0 Å². The first-order valence-corrected chi connectivity index (χ1v) is 8.54. The smallest absolute Gasteiger partial charge is 0.336 e. The van der Waals surface area contributed by atoms with Gasteiger partial charge < -0.3 is 15.3 Å². The first kappa shape index (κ1) is 16.1. The number of hydrogen-bond donors (Lipinski definition) is 2. The number of rotatable bonds is 3. The zero-order chi connectivity index (χ0) is 17.7. The van der Waals surface area contributed by atoms with E-state index in [1.165, 1.54) is 6.21 Å². The van der Waals surface area contributed by atoms with Crippen LogP contribution in [0.3, 0.4) is 0 Å². The fourth-order valence-electron chi connectivity index (χ4n) is 3.55. The number of Topliss-reactive ketones (excluding diaryl/α,β-unsaturated/α-hetero) is 1. The molecule has 132 valence electrons. The number of halogens is 1. The van der Waals surface area contributed by atoms with Gasteiger partial charge in [-0.2, -0.15) is 0 Å². The van der Waals surface area contributed by atoms with Crippen LogP contribution in [-0.4, -0.2) is 64.9 Å². The van der Waals surface area contributed by atoms with Crippen molar-refractivity contribution < 1.29 is 23.7 Å². The third kappa shape index (κ3) is 2.70. The van der Waals surface area contributed by atoms with Crippen molar-refractivity contribution in [2.75, 3.05) is 31.1 Å². The summed E-state index contributed by atoms with van der Waals surface area (Å²) in [5.74, 6) is -2.69. The highest BCUT2D eigenvalue weighted by atomic mass is 19.1. The maximum atomic E-state index is 14.6. The Kier molecular flexibility index (Phi) is 3.79. The summed E-state index contributed by atoms with van der Waals surface area (Å²) in [4.78, 5) is 30.3. The lowest BCUT2D eigenvalue weighted by molar-refractivity contribution is -0.461. The van der Waals surface area contributed by atoms with Crippen LogP contribution in [0.25, 0.3) is 0 Å². The molecule has 0 aromatic carbocycles. The summed E-state index contributed by atoms with van der Waals surface area (Å²) in [6.07, 6.45) is 2.34. The standard InChI is InChI=1S/C17H19FN4O3/c1-9-6-13(9)22-8-11(17(24)25)14(23)10-7-12(18)16(20-15(10)22)21-4-2-19-3-5-21/h7-9,11,13,19H,2-6H2,1H3/p+1. The van der Waals surface area contributed by atoms with Gasteiger partial charge in [0.1, 0.15) is 11.6 Å². The quantitative estimate of drug-likeness (QED) is 0.617. The molecule has 1 aliphatic carbocycles. The Morgan fingerprint density at radius 3 is 2.72 bits per heavy atom. The molecule has 3 aliphatic rings. The fraction of sp³-hybridized carbons (Fsp3) is 0.529. The van der Waals surface area contributed by atoms with Gasteiger partial charge in [-0.15, -0.1) is 0 Å². The van der Waals surface area contributed by atoms with Crippen molar-refractivity contribution in [2.45, 2.75) is 19.4 Å². The third-order valence-corrected chi connectivity index (χ3v) is 5.15. The molecular formula is C17H20FN4O3+. The number of fused-ring (bicyclic) bond motifs is 1. The number of hydrogen-bond acceptors (Lipinski definition) is 5. The third-order valence-electron chi connectivity index (χ3n) is 5.15. The number of nitrogens with zero attached hydrogens (tertiary/aromatic N) is 3. The number of carboxylic acids is 1. The second kappa shape index (κ2) is 5.87. The number of ketones is 1. The van der Waals surface area contributed by atoms with Gasteiger partial charge in [0.2, 0.25) is 0 Å². The second-order valence-corrected chi connectivity index (χ2v) is 6.92. The average Bonchev–Trinajstić information content (AvgIpc) is 3.32. The number of carboxylic acid groups (broad SMARTS) is 1. The highest BCUT2D eigenvalue weighted by molar-refractivity contribution is 6.20. The molecule has 1 saturated heterocycles. The number of carbonyl (C=O) groups excluding carboxylic acids is 1. The van der Waals surface area contributed by atoms with Crippen molar-refractivity contribution in [2.24, 2.45) is 11.8 Å². The maximum Gasteiger partial charge on any atom is 0.336 e. The Morgan fingerprint density at radius 2 is 2.12 bits per heavy atom. The fourth-order valence-corrected chi connectivity index (χ4v) is 3.55. The van der Waals surface area contributed by atoms with Crippen LogP contribution in [-0.2, 0) is 4.79 Å². The molecule has 25 heavy (non-hydrogen) atoms. The van der Waals surface area contributed by atoms with Gasteiger partial charge in [-0.25, -0.2) is 8.97 Å². The van der Waals surface area contributed by atoms with Crippen molar-refractivity contribution in [1.29, 1.82) is 0 Å². The van der Waals surface area contributed by atoms with E-state index in [2.05, 4.69) is 17.2 Å². The number of aliphatic carboxylic acids is 1. The van der Waals surface area contributed by atoms with Crippen molar-refractivity contribution in [3.63, 3.8) is 0 Å². The van der Waals surface area contributed by atoms with E-state index in [9.17, 15) is 19.1 Å². The molecule has 3 atom stereocenters. The van der Waals surface area contributed by atoms with E-state index in [-0.39, 0.29) is 17.4 Å². The number of anilines is 1. The number of nitrogens with one attached hydrogen (secondary N) is 1. The zero-order valence-electron chi connectivity index (χ0n) is 13.9. The molecule has 0 spiro atoms. The first-order valence-electron chi connectivity index (χ1n) is 8.54. The molecule has 0 bridgehead atoms. The zero-order valence-corrected chi connectivity index (χ0v) is 13.9. The topological polar surface area (TPSA) is 85.5 Å². The average molecular weight is 347 g/mol. The van der Waals surface area contributed by atoms with Gasteiger partial charge in [0, 0.05) is 32.1 Å². The molecule has 2 aliphatic heterocycles. The highest BCUT2D eigenvalue weighted by Crippen LogP contribution is 2.40. The maximum absolute atomic E-state index is 14.6. The Morgan fingerprint density at radius 1 is 1.44 bits per heavy atom. The molecule has 3 unspecified atom stereocenters. The van der Waals surface area contributed by atoms with E-state index < -0.39 is 23.5 Å². The SMILES string of the molecule is CC1CC1[N+]1=CC(C(=O)O)C(=O)c2cc(F)c(N3CCNCC3)nc21. The summed E-state index contributed by atoms with van der Waals surface area (Å²) in [5.41, 5.74) is 0.0605. The van der Waals surface area contributed by atoms with Gasteiger partial charge in [0.15, 0.2) is 17.5 Å². The van der Waals surface area contributed by atoms with Gasteiger partial charge in [0.05, 0.1) is 6.21 Å². The van der Waals surface area contributed by atoms with E-state index in [1.807, 2.05) is 4.90 Å². The van der Waals surface area contributed by atoms with Crippen LogP contribution in [0.2, 0.25) is 0 Å². The van der Waals surface area contributed by atoms with Crippen molar-refractivity contribution in [1.82, 2.24) is 10.3 Å². The minimum Gasteiger partial charge on any atom is -0.480 e. The monoisotopic (exact) mass is 347 g/mol. The lowest BCUT2D eigenvalue weighted by Crippen LogP contribution is -2.44. The molecule has 0 amide bonds. The number of piperazine rings is 1. The molecule has 8 heteroatoms. The van der Waals surface area contributed by atoms with Crippen LogP contribution in [0.15, 0.2) is 6.07 Å². The molecule has 1 saturated carbocycles. The summed E-state index contributed by atoms with van der Waals surface area (Å²) in [5, 5.41) is 12.5. The molecule has 2 N–H and O–H groups in total. The van der Waals surface area contributed by atoms with Gasteiger partial charge in [-0.3, -0.25) is 9.59 Å². The molecule has 1 aromatic rings. The number of pyridine rings is 1.